The van der Waals surface area contributed by atoms with Crippen LogP contribution in [0, 0.1) is 6.92 Å². The summed E-state index contributed by atoms with van der Waals surface area (Å²) in [5, 5.41) is 0. The predicted octanol–water partition coefficient (Wildman–Crippen LogP) is 4.48. The molecule has 0 N–H and O–H groups in total. The number of anilines is 2. The van der Waals surface area contributed by atoms with Crippen LogP contribution in [0.2, 0.25) is 0 Å². The van der Waals surface area contributed by atoms with E-state index in [0.29, 0.717) is 25.8 Å². The highest BCUT2D eigenvalue weighted by molar-refractivity contribution is 5.59. The lowest BCUT2D eigenvalue weighted by Crippen LogP contribution is -2.50. The van der Waals surface area contributed by atoms with Crippen LogP contribution in [0.25, 0.3) is 0 Å². The Morgan fingerprint density at radius 1 is 0.967 bits per heavy atom. The Bertz CT molecular complexity index is 1070. The van der Waals surface area contributed by atoms with Gasteiger partial charge in [-0.15, -0.1) is 0 Å². The monoisotopic (exact) mass is 402 g/mol. The number of aryl methyl sites for hydroxylation is 2. The van der Waals surface area contributed by atoms with E-state index in [1.54, 1.807) is 0 Å². The van der Waals surface area contributed by atoms with Crippen molar-refractivity contribution < 1.29 is 0 Å². The lowest BCUT2D eigenvalue weighted by Gasteiger charge is -2.40. The molecule has 0 spiro atoms. The van der Waals surface area contributed by atoms with Gasteiger partial charge in [0.1, 0.15) is 0 Å². The van der Waals surface area contributed by atoms with Gasteiger partial charge in [0.15, 0.2) is 0 Å². The van der Waals surface area contributed by atoms with E-state index in [-0.39, 0.29) is 5.56 Å². The molecular formula is C25H30N4O. The van der Waals surface area contributed by atoms with Crippen molar-refractivity contribution in [3.63, 3.8) is 0 Å². The highest BCUT2D eigenvalue weighted by atomic mass is 16.1. The molecule has 0 bridgehead atoms. The van der Waals surface area contributed by atoms with Crippen LogP contribution >= 0.6 is 0 Å². The summed E-state index contributed by atoms with van der Waals surface area (Å²) < 4.78 is 1.84. The molecule has 156 valence electrons. The molecule has 0 radical (unpaired) electrons. The molecule has 2 heterocycles. The quantitative estimate of drug-likeness (QED) is 0.631. The van der Waals surface area contributed by atoms with E-state index in [9.17, 15) is 4.79 Å². The van der Waals surface area contributed by atoms with Gasteiger partial charge in [0, 0.05) is 23.7 Å². The van der Waals surface area contributed by atoms with Gasteiger partial charge in [0.2, 0.25) is 5.95 Å². The van der Waals surface area contributed by atoms with Gasteiger partial charge >= 0.3 is 0 Å². The topological polar surface area (TPSA) is 41.4 Å². The molecule has 0 unspecified atom stereocenters. The van der Waals surface area contributed by atoms with E-state index in [0.717, 1.165) is 34.9 Å². The van der Waals surface area contributed by atoms with Gasteiger partial charge in [-0.25, -0.2) is 4.98 Å². The van der Waals surface area contributed by atoms with Crippen molar-refractivity contribution in [2.24, 2.45) is 0 Å². The number of aromatic nitrogens is 2. The van der Waals surface area contributed by atoms with E-state index >= 15 is 0 Å². The molecule has 0 amide bonds. The van der Waals surface area contributed by atoms with E-state index in [4.69, 9.17) is 4.98 Å². The maximum absolute atomic E-state index is 13.6. The minimum absolute atomic E-state index is 0.0573. The van der Waals surface area contributed by atoms with E-state index in [1.807, 2.05) is 29.7 Å². The van der Waals surface area contributed by atoms with Crippen LogP contribution in [-0.2, 0) is 19.5 Å². The summed E-state index contributed by atoms with van der Waals surface area (Å²) in [5.74, 6) is 0.732. The summed E-state index contributed by atoms with van der Waals surface area (Å²) in [7, 11) is 0. The number of nitrogens with zero attached hydrogens (tertiary/aromatic N) is 4. The second-order valence-electron chi connectivity index (χ2n) is 8.28. The molecular weight excluding hydrogens is 372 g/mol. The second kappa shape index (κ2) is 8.44. The van der Waals surface area contributed by atoms with E-state index in [1.165, 1.54) is 5.56 Å². The van der Waals surface area contributed by atoms with E-state index < -0.39 is 0 Å². The fourth-order valence-corrected chi connectivity index (χ4v) is 3.93. The number of hydrogen-bond donors (Lipinski definition) is 0. The molecule has 5 heteroatoms. The molecule has 0 saturated carbocycles. The van der Waals surface area contributed by atoms with Crippen molar-refractivity contribution in [2.45, 2.75) is 53.2 Å². The summed E-state index contributed by atoms with van der Waals surface area (Å²) >= 11 is 0. The fourth-order valence-electron chi connectivity index (χ4n) is 3.93. The van der Waals surface area contributed by atoms with Crippen LogP contribution in [0.15, 0.2) is 59.4 Å². The zero-order chi connectivity index (χ0) is 21.3. The van der Waals surface area contributed by atoms with Gasteiger partial charge in [0.25, 0.3) is 5.56 Å². The van der Waals surface area contributed by atoms with Crippen molar-refractivity contribution in [3.8, 4) is 0 Å². The first kappa shape index (κ1) is 20.4. The molecule has 0 fully saturated rings. The number of benzene rings is 2. The van der Waals surface area contributed by atoms with Crippen LogP contribution in [0.4, 0.5) is 11.6 Å². The number of hydrogen-bond acceptors (Lipinski definition) is 4. The largest absolute Gasteiger partial charge is 0.298 e. The van der Waals surface area contributed by atoms with Crippen molar-refractivity contribution in [1.29, 1.82) is 0 Å². The summed E-state index contributed by atoms with van der Waals surface area (Å²) in [6.07, 6.45) is 1.61. The zero-order valence-corrected chi connectivity index (χ0v) is 18.3. The SMILES string of the molecule is CCc1ccc(N2CN(C(C)C)Cn3c2nc(C)c(Cc2ccccc2)c3=O)cc1. The van der Waals surface area contributed by atoms with Gasteiger partial charge in [-0.05, 0) is 50.5 Å². The lowest BCUT2D eigenvalue weighted by molar-refractivity contribution is 0.156. The molecule has 0 atom stereocenters. The van der Waals surface area contributed by atoms with Gasteiger partial charge in [-0.2, -0.15) is 0 Å². The van der Waals surface area contributed by atoms with Crippen molar-refractivity contribution in [3.05, 3.63) is 87.3 Å². The molecule has 5 nitrogen and oxygen atoms in total. The normalized spacial score (nSPS) is 14.2. The Balaban J connectivity index is 1.80. The summed E-state index contributed by atoms with van der Waals surface area (Å²) in [6, 6.07) is 19.0. The molecule has 1 aliphatic rings. The summed E-state index contributed by atoms with van der Waals surface area (Å²) in [4.78, 5) is 22.9. The zero-order valence-electron chi connectivity index (χ0n) is 18.3. The van der Waals surface area contributed by atoms with Gasteiger partial charge in [0.05, 0.1) is 19.0 Å². The third kappa shape index (κ3) is 3.90. The van der Waals surface area contributed by atoms with Crippen LogP contribution in [0.3, 0.4) is 0 Å². The molecule has 4 rings (SSSR count). The molecule has 0 aliphatic carbocycles. The summed E-state index contributed by atoms with van der Waals surface area (Å²) in [6.45, 7) is 9.72. The van der Waals surface area contributed by atoms with Crippen molar-refractivity contribution in [1.82, 2.24) is 14.5 Å². The van der Waals surface area contributed by atoms with Crippen molar-refractivity contribution >= 4 is 11.6 Å². The molecule has 0 saturated heterocycles. The first-order valence-electron chi connectivity index (χ1n) is 10.7. The fraction of sp³-hybridized carbons (Fsp3) is 0.360. The van der Waals surface area contributed by atoms with Gasteiger partial charge in [-0.1, -0.05) is 49.4 Å². The first-order valence-corrected chi connectivity index (χ1v) is 10.7. The van der Waals surface area contributed by atoms with Crippen molar-refractivity contribution in [2.75, 3.05) is 11.6 Å². The maximum Gasteiger partial charge on any atom is 0.259 e. The Labute approximate surface area is 178 Å². The Kier molecular flexibility index (Phi) is 5.73. The van der Waals surface area contributed by atoms with Gasteiger partial charge in [-0.3, -0.25) is 19.2 Å². The first-order chi connectivity index (χ1) is 14.5. The number of fused-ring (bicyclic) bond motifs is 1. The lowest BCUT2D eigenvalue weighted by atomic mass is 10.1. The van der Waals surface area contributed by atoms with Crippen LogP contribution in [0.1, 0.15) is 43.2 Å². The van der Waals surface area contributed by atoms with E-state index in [2.05, 4.69) is 67.0 Å². The smallest absolute Gasteiger partial charge is 0.259 e. The molecule has 30 heavy (non-hydrogen) atoms. The van der Waals surface area contributed by atoms with Crippen LogP contribution in [0.5, 0.6) is 0 Å². The molecule has 1 aromatic heterocycles. The minimum atomic E-state index is 0.0573. The van der Waals surface area contributed by atoms with Crippen LogP contribution in [-0.4, -0.2) is 27.2 Å². The standard InChI is InChI=1S/C25H30N4O/c1-5-20-11-13-22(14-12-20)28-16-27(18(2)3)17-29-24(30)23(19(4)26-25(28)29)15-21-9-7-6-8-10-21/h6-14,18H,5,15-17H2,1-4H3. The third-order valence-corrected chi connectivity index (χ3v) is 5.95. The maximum atomic E-state index is 13.6. The second-order valence-corrected chi connectivity index (χ2v) is 8.28. The average Bonchev–Trinajstić information content (AvgIpc) is 2.77. The molecule has 3 aromatic rings. The molecule has 2 aromatic carbocycles. The highest BCUT2D eigenvalue weighted by Gasteiger charge is 2.29. The highest BCUT2D eigenvalue weighted by Crippen LogP contribution is 2.29. The minimum Gasteiger partial charge on any atom is -0.298 e. The average molecular weight is 403 g/mol. The Morgan fingerprint density at radius 2 is 1.67 bits per heavy atom. The predicted molar refractivity (Wildman–Crippen MR) is 122 cm³/mol. The van der Waals surface area contributed by atoms with Crippen LogP contribution < -0.4 is 10.5 Å². The van der Waals surface area contributed by atoms with Gasteiger partial charge < -0.3 is 0 Å². The third-order valence-electron chi connectivity index (χ3n) is 5.95. The summed E-state index contributed by atoms with van der Waals surface area (Å²) in [5.41, 5.74) is 5.13. The molecule has 1 aliphatic heterocycles. The number of rotatable bonds is 5. The Hall–Kier alpha value is -2.92. The Morgan fingerprint density at radius 3 is 2.30 bits per heavy atom.